The second-order valence-corrected chi connectivity index (χ2v) is 6.36. The molecule has 1 aliphatic heterocycles. The lowest BCUT2D eigenvalue weighted by Crippen LogP contribution is -2.33. The van der Waals surface area contributed by atoms with Crippen molar-refractivity contribution < 1.29 is 28.3 Å². The summed E-state index contributed by atoms with van der Waals surface area (Å²) in [5, 5.41) is 0.756. The number of hydrogen-bond acceptors (Lipinski definition) is 6. The van der Waals surface area contributed by atoms with Crippen molar-refractivity contribution in [3.63, 3.8) is 0 Å². The third-order valence-electron chi connectivity index (χ3n) is 4.75. The van der Waals surface area contributed by atoms with Gasteiger partial charge in [-0.25, -0.2) is 4.79 Å². The van der Waals surface area contributed by atoms with Crippen molar-refractivity contribution in [2.24, 2.45) is 0 Å². The molecule has 0 saturated heterocycles. The Labute approximate surface area is 160 Å². The first-order valence-corrected chi connectivity index (χ1v) is 8.70. The zero-order chi connectivity index (χ0) is 19.8. The van der Waals surface area contributed by atoms with E-state index in [0.717, 1.165) is 10.3 Å². The molecule has 0 bridgehead atoms. The summed E-state index contributed by atoms with van der Waals surface area (Å²) in [6.45, 7) is 1.61. The Bertz CT molecular complexity index is 1080. The number of hydrogen-bond donors (Lipinski definition) is 0. The van der Waals surface area contributed by atoms with Crippen LogP contribution in [0.4, 0.5) is 0 Å². The number of nitrogens with zero attached hydrogens (tertiary/aromatic N) is 1. The molecule has 7 nitrogen and oxygen atoms in total. The number of methoxy groups -OCH3 is 1. The van der Waals surface area contributed by atoms with Gasteiger partial charge in [-0.2, -0.15) is 0 Å². The first-order valence-electron chi connectivity index (χ1n) is 8.70. The van der Waals surface area contributed by atoms with Crippen molar-refractivity contribution in [3.8, 4) is 5.75 Å². The second kappa shape index (κ2) is 6.84. The summed E-state index contributed by atoms with van der Waals surface area (Å²) in [5.74, 6) is -0.677. The molecule has 0 fully saturated rings. The SMILES string of the molecule is COc1ccc2oc(C(=O)OCCN3C(=O)c4ccccc4C3=O)c(C)c2c1. The predicted octanol–water partition coefficient (Wildman–Crippen LogP) is 3.20. The Hall–Kier alpha value is -3.61. The molecule has 0 aliphatic carbocycles. The smallest absolute Gasteiger partial charge is 0.374 e. The number of furan rings is 1. The Morgan fingerprint density at radius 2 is 1.75 bits per heavy atom. The van der Waals surface area contributed by atoms with Gasteiger partial charge in [0, 0.05) is 10.9 Å². The molecule has 4 rings (SSSR count). The van der Waals surface area contributed by atoms with Crippen LogP contribution in [0.25, 0.3) is 11.0 Å². The van der Waals surface area contributed by atoms with Crippen molar-refractivity contribution in [2.75, 3.05) is 20.3 Å². The van der Waals surface area contributed by atoms with Crippen LogP contribution in [0.2, 0.25) is 0 Å². The van der Waals surface area contributed by atoms with Crippen LogP contribution in [-0.4, -0.2) is 42.9 Å². The van der Waals surface area contributed by atoms with E-state index in [9.17, 15) is 14.4 Å². The fourth-order valence-corrected chi connectivity index (χ4v) is 3.26. The number of imide groups is 1. The van der Waals surface area contributed by atoms with E-state index < -0.39 is 5.97 Å². The molecule has 0 spiro atoms. The topological polar surface area (TPSA) is 86.1 Å². The highest BCUT2D eigenvalue weighted by Gasteiger charge is 2.35. The van der Waals surface area contributed by atoms with Crippen LogP contribution < -0.4 is 4.74 Å². The molecule has 3 aromatic rings. The predicted molar refractivity (Wildman–Crippen MR) is 99.6 cm³/mol. The molecule has 2 heterocycles. The number of carbonyl (C=O) groups excluding carboxylic acids is 3. The highest BCUT2D eigenvalue weighted by molar-refractivity contribution is 6.21. The summed E-state index contributed by atoms with van der Waals surface area (Å²) in [7, 11) is 1.56. The lowest BCUT2D eigenvalue weighted by atomic mass is 10.1. The van der Waals surface area contributed by atoms with Crippen LogP contribution in [0.1, 0.15) is 36.8 Å². The molecular weight excluding hydrogens is 362 g/mol. The molecule has 1 aromatic heterocycles. The summed E-state index contributed by atoms with van der Waals surface area (Å²) < 4.78 is 16.0. The van der Waals surface area contributed by atoms with Crippen molar-refractivity contribution in [1.82, 2.24) is 4.90 Å². The molecule has 0 saturated carbocycles. The first kappa shape index (κ1) is 17.8. The number of rotatable bonds is 5. The van der Waals surface area contributed by atoms with Gasteiger partial charge >= 0.3 is 5.97 Å². The maximum atomic E-state index is 12.4. The zero-order valence-electron chi connectivity index (χ0n) is 15.4. The Morgan fingerprint density at radius 3 is 2.39 bits per heavy atom. The summed E-state index contributed by atoms with van der Waals surface area (Å²) in [6, 6.07) is 11.9. The summed E-state index contributed by atoms with van der Waals surface area (Å²) in [4.78, 5) is 38.1. The van der Waals surface area contributed by atoms with Gasteiger partial charge in [0.2, 0.25) is 5.76 Å². The maximum Gasteiger partial charge on any atom is 0.374 e. The Balaban J connectivity index is 1.44. The molecular formula is C21H17NO6. The van der Waals surface area contributed by atoms with Crippen LogP contribution in [0, 0.1) is 6.92 Å². The molecule has 7 heteroatoms. The monoisotopic (exact) mass is 379 g/mol. The lowest BCUT2D eigenvalue weighted by molar-refractivity contribution is 0.0395. The van der Waals surface area contributed by atoms with Crippen LogP contribution in [0.15, 0.2) is 46.9 Å². The van der Waals surface area contributed by atoms with Gasteiger partial charge in [-0.05, 0) is 37.3 Å². The van der Waals surface area contributed by atoms with Crippen LogP contribution in [0.3, 0.4) is 0 Å². The van der Waals surface area contributed by atoms with E-state index in [-0.39, 0.29) is 30.7 Å². The normalized spacial score (nSPS) is 13.1. The van der Waals surface area contributed by atoms with Crippen molar-refractivity contribution in [1.29, 1.82) is 0 Å². The van der Waals surface area contributed by atoms with E-state index in [1.165, 1.54) is 0 Å². The number of fused-ring (bicyclic) bond motifs is 2. The summed E-state index contributed by atoms with van der Waals surface area (Å²) >= 11 is 0. The summed E-state index contributed by atoms with van der Waals surface area (Å²) in [5.41, 5.74) is 1.91. The maximum absolute atomic E-state index is 12.4. The van der Waals surface area contributed by atoms with Gasteiger partial charge in [-0.15, -0.1) is 0 Å². The van der Waals surface area contributed by atoms with Crippen molar-refractivity contribution in [2.45, 2.75) is 6.92 Å². The van der Waals surface area contributed by atoms with Gasteiger partial charge in [0.15, 0.2) is 0 Å². The number of ether oxygens (including phenoxy) is 2. The molecule has 142 valence electrons. The molecule has 28 heavy (non-hydrogen) atoms. The number of esters is 1. The number of aryl methyl sites for hydroxylation is 1. The molecule has 0 N–H and O–H groups in total. The van der Waals surface area contributed by atoms with E-state index in [2.05, 4.69) is 0 Å². The van der Waals surface area contributed by atoms with Crippen LogP contribution in [-0.2, 0) is 4.74 Å². The first-order chi connectivity index (χ1) is 13.5. The van der Waals surface area contributed by atoms with Crippen LogP contribution in [0.5, 0.6) is 5.75 Å². The van der Waals surface area contributed by atoms with Crippen LogP contribution >= 0.6 is 0 Å². The van der Waals surface area contributed by atoms with Gasteiger partial charge in [0.1, 0.15) is 17.9 Å². The molecule has 1 aliphatic rings. The summed E-state index contributed by atoms with van der Waals surface area (Å²) in [6.07, 6.45) is 0. The zero-order valence-corrected chi connectivity index (χ0v) is 15.4. The average molecular weight is 379 g/mol. The fraction of sp³-hybridized carbons (Fsp3) is 0.190. The third kappa shape index (κ3) is 2.81. The number of amides is 2. The van der Waals surface area contributed by atoms with Gasteiger partial charge in [-0.3, -0.25) is 14.5 Å². The van der Waals surface area contributed by atoms with E-state index in [1.54, 1.807) is 56.5 Å². The van der Waals surface area contributed by atoms with Gasteiger partial charge in [-0.1, -0.05) is 12.1 Å². The molecule has 0 unspecified atom stereocenters. The number of carbonyl (C=O) groups is 3. The average Bonchev–Trinajstić information content (AvgIpc) is 3.17. The van der Waals surface area contributed by atoms with E-state index in [4.69, 9.17) is 13.9 Å². The largest absolute Gasteiger partial charge is 0.497 e. The quantitative estimate of drug-likeness (QED) is 0.500. The van der Waals surface area contributed by atoms with E-state index >= 15 is 0 Å². The van der Waals surface area contributed by atoms with E-state index in [0.29, 0.717) is 28.0 Å². The number of benzene rings is 2. The Morgan fingerprint density at radius 1 is 1.07 bits per heavy atom. The Kier molecular flexibility index (Phi) is 4.35. The molecule has 2 amide bonds. The molecule has 2 aromatic carbocycles. The van der Waals surface area contributed by atoms with Gasteiger partial charge < -0.3 is 13.9 Å². The van der Waals surface area contributed by atoms with Crippen molar-refractivity contribution >= 4 is 28.8 Å². The van der Waals surface area contributed by atoms with Crippen molar-refractivity contribution in [3.05, 3.63) is 64.9 Å². The lowest BCUT2D eigenvalue weighted by Gasteiger charge is -2.13. The van der Waals surface area contributed by atoms with Gasteiger partial charge in [0.25, 0.3) is 11.8 Å². The highest BCUT2D eigenvalue weighted by Crippen LogP contribution is 2.29. The van der Waals surface area contributed by atoms with Gasteiger partial charge in [0.05, 0.1) is 24.8 Å². The van der Waals surface area contributed by atoms with E-state index in [1.807, 2.05) is 0 Å². The third-order valence-corrected chi connectivity index (χ3v) is 4.75. The second-order valence-electron chi connectivity index (χ2n) is 6.36. The minimum absolute atomic E-state index is 0.0226. The minimum Gasteiger partial charge on any atom is -0.497 e. The molecule has 0 radical (unpaired) electrons. The standard InChI is InChI=1S/C21H17NO6/c1-12-16-11-13(26-2)7-8-17(16)28-18(12)21(25)27-10-9-22-19(23)14-5-3-4-6-15(14)20(22)24/h3-8,11H,9-10H2,1-2H3. The molecule has 0 atom stereocenters. The minimum atomic E-state index is -0.649. The highest BCUT2D eigenvalue weighted by atomic mass is 16.5. The fourth-order valence-electron chi connectivity index (χ4n) is 3.26.